The summed E-state index contributed by atoms with van der Waals surface area (Å²) in [4.78, 5) is 38.0. The molecule has 0 spiro atoms. The number of aliphatic hydroxyl groups is 1. The van der Waals surface area contributed by atoms with E-state index >= 15 is 0 Å². The Hall–Kier alpha value is -2.41. The zero-order valence-corrected chi connectivity index (χ0v) is 16.1. The molecule has 0 saturated heterocycles. The normalized spacial score (nSPS) is 27.7. The highest BCUT2D eigenvalue weighted by molar-refractivity contribution is 6.02. The van der Waals surface area contributed by atoms with Gasteiger partial charge in [0.05, 0.1) is 31.8 Å². The molecule has 1 aliphatic carbocycles. The number of ether oxygens (including phenoxy) is 3. The van der Waals surface area contributed by atoms with Gasteiger partial charge in [0.25, 0.3) is 0 Å². The molecule has 0 radical (unpaired) electrons. The molecule has 2 rings (SSSR count). The van der Waals surface area contributed by atoms with Crippen molar-refractivity contribution in [2.24, 2.45) is 11.8 Å². The third kappa shape index (κ3) is 4.30. The van der Waals surface area contributed by atoms with Crippen LogP contribution in [0.25, 0.3) is 0 Å². The number of ketones is 1. The van der Waals surface area contributed by atoms with E-state index in [9.17, 15) is 19.5 Å². The van der Waals surface area contributed by atoms with Crippen molar-refractivity contribution in [2.75, 3.05) is 20.3 Å². The number of Topliss-reactive ketones (excluding diaryl/α,β-unsaturated/α-hetero) is 1. The number of benzene rings is 1. The van der Waals surface area contributed by atoms with Crippen LogP contribution in [0, 0.1) is 11.8 Å². The fraction of sp³-hybridized carbons (Fsp3) is 0.550. The zero-order chi connectivity index (χ0) is 20.2. The lowest BCUT2D eigenvalue weighted by Crippen LogP contribution is -2.55. The number of carbonyl (C=O) groups is 3. The largest absolute Gasteiger partial charge is 0.497 e. The molecule has 0 aliphatic heterocycles. The highest BCUT2D eigenvalue weighted by Gasteiger charge is 2.57. The molecule has 1 aromatic carbocycles. The number of methoxy groups -OCH3 is 1. The lowest BCUT2D eigenvalue weighted by Gasteiger charge is -2.43. The third-order valence-corrected chi connectivity index (χ3v) is 4.83. The first-order chi connectivity index (χ1) is 12.8. The Balaban J connectivity index is 2.63. The minimum atomic E-state index is -1.65. The van der Waals surface area contributed by atoms with Gasteiger partial charge in [0.15, 0.2) is 5.78 Å². The van der Waals surface area contributed by atoms with Crippen molar-refractivity contribution in [1.29, 1.82) is 0 Å². The van der Waals surface area contributed by atoms with Gasteiger partial charge in [-0.2, -0.15) is 0 Å². The maximum Gasteiger partial charge on any atom is 0.317 e. The van der Waals surface area contributed by atoms with Crippen LogP contribution in [0.3, 0.4) is 0 Å². The highest BCUT2D eigenvalue weighted by Crippen LogP contribution is 2.47. The summed E-state index contributed by atoms with van der Waals surface area (Å²) < 4.78 is 15.5. The van der Waals surface area contributed by atoms with E-state index < -0.39 is 41.1 Å². The van der Waals surface area contributed by atoms with E-state index in [0.717, 1.165) is 0 Å². The van der Waals surface area contributed by atoms with Gasteiger partial charge in [0.2, 0.25) is 0 Å². The van der Waals surface area contributed by atoms with Crippen molar-refractivity contribution in [2.45, 2.75) is 38.7 Å². The molecule has 4 atom stereocenters. The number of hydrogen-bond donors (Lipinski definition) is 1. The molecule has 0 unspecified atom stereocenters. The minimum Gasteiger partial charge on any atom is -0.497 e. The second kappa shape index (κ2) is 8.52. The molecule has 1 aliphatic rings. The zero-order valence-electron chi connectivity index (χ0n) is 16.1. The third-order valence-electron chi connectivity index (χ3n) is 4.83. The van der Waals surface area contributed by atoms with Gasteiger partial charge in [-0.25, -0.2) is 0 Å². The van der Waals surface area contributed by atoms with E-state index in [-0.39, 0.29) is 19.6 Å². The standard InChI is InChI=1S/C20H26O7/c1-5-26-18(22)16-14(21)11-20(3,24)17(19(23)27-6-2)15(16)12-8-7-9-13(10-12)25-4/h7-10,15-17,24H,5-6,11H2,1-4H3/t15-,16+,17+,20-/m1/s1. The van der Waals surface area contributed by atoms with Gasteiger partial charge in [-0.05, 0) is 38.5 Å². The average Bonchev–Trinajstić information content (AvgIpc) is 2.60. The van der Waals surface area contributed by atoms with Crippen molar-refractivity contribution in [3.05, 3.63) is 29.8 Å². The number of carbonyl (C=O) groups excluding carboxylic acids is 3. The van der Waals surface area contributed by atoms with Crippen LogP contribution in [0.15, 0.2) is 24.3 Å². The Morgan fingerprint density at radius 3 is 2.41 bits per heavy atom. The number of hydrogen-bond acceptors (Lipinski definition) is 7. The van der Waals surface area contributed by atoms with E-state index in [2.05, 4.69) is 0 Å². The quantitative estimate of drug-likeness (QED) is 0.596. The lowest BCUT2D eigenvalue weighted by molar-refractivity contribution is -0.172. The van der Waals surface area contributed by atoms with Crippen molar-refractivity contribution in [3.8, 4) is 5.75 Å². The van der Waals surface area contributed by atoms with Crippen LogP contribution in [-0.4, -0.2) is 48.8 Å². The molecule has 7 nitrogen and oxygen atoms in total. The molecule has 1 saturated carbocycles. The number of rotatable bonds is 6. The fourth-order valence-electron chi connectivity index (χ4n) is 3.73. The van der Waals surface area contributed by atoms with Crippen LogP contribution in [0.4, 0.5) is 0 Å². The van der Waals surface area contributed by atoms with E-state index in [1.165, 1.54) is 14.0 Å². The SMILES string of the molecule is CCOC(=O)[C@H]1C(=O)C[C@@](C)(O)[C@H](C(=O)OCC)[C@@H]1c1cccc(OC)c1. The maximum atomic E-state index is 12.7. The van der Waals surface area contributed by atoms with Gasteiger partial charge in [0, 0.05) is 12.3 Å². The molecule has 0 amide bonds. The topological polar surface area (TPSA) is 99.1 Å². The average molecular weight is 378 g/mol. The van der Waals surface area contributed by atoms with Gasteiger partial charge in [-0.1, -0.05) is 12.1 Å². The highest BCUT2D eigenvalue weighted by atomic mass is 16.5. The summed E-state index contributed by atoms with van der Waals surface area (Å²) >= 11 is 0. The van der Waals surface area contributed by atoms with E-state index in [1.807, 2.05) is 0 Å². The minimum absolute atomic E-state index is 0.105. The molecule has 1 fully saturated rings. The van der Waals surface area contributed by atoms with Crippen LogP contribution < -0.4 is 4.74 Å². The molecular formula is C20H26O7. The predicted octanol–water partition coefficient (Wildman–Crippen LogP) is 1.86. The summed E-state index contributed by atoms with van der Waals surface area (Å²) in [6.07, 6.45) is -0.333. The van der Waals surface area contributed by atoms with Gasteiger partial charge < -0.3 is 19.3 Å². The first kappa shape index (κ1) is 20.9. The van der Waals surface area contributed by atoms with Crippen molar-refractivity contribution in [1.82, 2.24) is 0 Å². The molecule has 7 heteroatoms. The Bertz CT molecular complexity index is 710. The Morgan fingerprint density at radius 2 is 1.81 bits per heavy atom. The number of esters is 2. The van der Waals surface area contributed by atoms with E-state index in [4.69, 9.17) is 14.2 Å². The van der Waals surface area contributed by atoms with Crippen LogP contribution in [0.2, 0.25) is 0 Å². The molecule has 1 N–H and O–H groups in total. The van der Waals surface area contributed by atoms with Crippen LogP contribution >= 0.6 is 0 Å². The molecule has 0 aromatic heterocycles. The fourth-order valence-corrected chi connectivity index (χ4v) is 3.73. The van der Waals surface area contributed by atoms with Gasteiger partial charge in [0.1, 0.15) is 11.7 Å². The first-order valence-electron chi connectivity index (χ1n) is 8.99. The lowest BCUT2D eigenvalue weighted by atomic mass is 9.61. The summed E-state index contributed by atoms with van der Waals surface area (Å²) in [6.45, 7) is 4.94. The molecule has 27 heavy (non-hydrogen) atoms. The van der Waals surface area contributed by atoms with Crippen LogP contribution in [-0.2, 0) is 23.9 Å². The van der Waals surface area contributed by atoms with Gasteiger partial charge in [-0.15, -0.1) is 0 Å². The second-order valence-corrected chi connectivity index (χ2v) is 6.76. The summed E-state index contributed by atoms with van der Waals surface area (Å²) in [5.74, 6) is -4.54. The second-order valence-electron chi connectivity index (χ2n) is 6.76. The van der Waals surface area contributed by atoms with E-state index in [1.54, 1.807) is 38.1 Å². The Labute approximate surface area is 158 Å². The summed E-state index contributed by atoms with van der Waals surface area (Å²) in [7, 11) is 1.49. The monoisotopic (exact) mass is 378 g/mol. The molecule has 148 valence electrons. The van der Waals surface area contributed by atoms with E-state index in [0.29, 0.717) is 11.3 Å². The van der Waals surface area contributed by atoms with Crippen LogP contribution in [0.5, 0.6) is 5.75 Å². The smallest absolute Gasteiger partial charge is 0.317 e. The Morgan fingerprint density at radius 1 is 1.19 bits per heavy atom. The first-order valence-corrected chi connectivity index (χ1v) is 8.99. The molecular weight excluding hydrogens is 352 g/mol. The maximum absolute atomic E-state index is 12.7. The summed E-state index contributed by atoms with van der Waals surface area (Å²) in [5, 5.41) is 10.9. The summed E-state index contributed by atoms with van der Waals surface area (Å²) in [6, 6.07) is 6.76. The molecule has 0 bridgehead atoms. The van der Waals surface area contributed by atoms with Crippen molar-refractivity contribution in [3.63, 3.8) is 0 Å². The van der Waals surface area contributed by atoms with Crippen LogP contribution in [0.1, 0.15) is 38.7 Å². The van der Waals surface area contributed by atoms with Crippen molar-refractivity contribution >= 4 is 17.7 Å². The van der Waals surface area contributed by atoms with Gasteiger partial charge >= 0.3 is 11.9 Å². The predicted molar refractivity (Wildman–Crippen MR) is 96.2 cm³/mol. The van der Waals surface area contributed by atoms with Gasteiger partial charge in [-0.3, -0.25) is 14.4 Å². The Kier molecular flexibility index (Phi) is 6.59. The summed E-state index contributed by atoms with van der Waals surface area (Å²) in [5.41, 5.74) is -1.13. The molecule has 0 heterocycles. The van der Waals surface area contributed by atoms with Crippen molar-refractivity contribution < 1.29 is 33.7 Å². The molecule has 1 aromatic rings.